The Labute approximate surface area is 149 Å². The number of carbonyl (C=O) groups excluding carboxylic acids is 1. The lowest BCUT2D eigenvalue weighted by Gasteiger charge is -2.32. The molecule has 1 aliphatic heterocycles. The predicted octanol–water partition coefficient (Wildman–Crippen LogP) is 3.60. The van der Waals surface area contributed by atoms with E-state index < -0.39 is 23.6 Å². The van der Waals surface area contributed by atoms with Gasteiger partial charge in [0.1, 0.15) is 12.4 Å². The van der Waals surface area contributed by atoms with Crippen LogP contribution in [-0.2, 0) is 11.0 Å². The molecule has 1 aromatic carbocycles. The van der Waals surface area contributed by atoms with E-state index in [9.17, 15) is 22.8 Å². The first-order valence-electron chi connectivity index (χ1n) is 8.18. The molecule has 0 saturated carbocycles. The van der Waals surface area contributed by atoms with Gasteiger partial charge in [-0.1, -0.05) is 12.7 Å². The number of hydrogen-bond acceptors (Lipinski definition) is 3. The van der Waals surface area contributed by atoms with Gasteiger partial charge in [0.2, 0.25) is 0 Å². The maximum absolute atomic E-state index is 13.0. The summed E-state index contributed by atoms with van der Waals surface area (Å²) < 4.78 is 44.3. The third-order valence-electron chi connectivity index (χ3n) is 4.26. The molecule has 1 aromatic rings. The Morgan fingerprint density at radius 2 is 1.96 bits per heavy atom. The second-order valence-corrected chi connectivity index (χ2v) is 6.14. The average Bonchev–Trinajstić information content (AvgIpc) is 2.58. The van der Waals surface area contributed by atoms with Gasteiger partial charge in [-0.05, 0) is 37.0 Å². The van der Waals surface area contributed by atoms with E-state index in [1.165, 1.54) is 11.0 Å². The number of hydrogen-bond donors (Lipinski definition) is 1. The number of likely N-dealkylation sites (tertiary alicyclic amines) is 1. The molecule has 0 radical (unpaired) electrons. The lowest BCUT2D eigenvalue weighted by molar-refractivity contribution is -0.139. The first-order chi connectivity index (χ1) is 12.2. The molecule has 1 fully saturated rings. The Balaban J connectivity index is 2.20. The van der Waals surface area contributed by atoms with Gasteiger partial charge in [-0.15, -0.1) is 0 Å². The van der Waals surface area contributed by atoms with Crippen LogP contribution in [0.3, 0.4) is 0 Å². The Hall–Kier alpha value is -2.51. The van der Waals surface area contributed by atoms with Crippen LogP contribution >= 0.6 is 0 Å². The van der Waals surface area contributed by atoms with Crippen molar-refractivity contribution in [1.82, 2.24) is 4.90 Å². The van der Waals surface area contributed by atoms with Crippen molar-refractivity contribution >= 4 is 11.9 Å². The van der Waals surface area contributed by atoms with E-state index in [4.69, 9.17) is 9.84 Å². The van der Waals surface area contributed by atoms with Crippen LogP contribution in [0.5, 0.6) is 5.75 Å². The van der Waals surface area contributed by atoms with Crippen LogP contribution in [0.4, 0.5) is 13.2 Å². The number of benzene rings is 1. The molecule has 5 nitrogen and oxygen atoms in total. The minimum atomic E-state index is -4.57. The summed E-state index contributed by atoms with van der Waals surface area (Å²) in [6.07, 6.45) is -2.11. The van der Waals surface area contributed by atoms with Gasteiger partial charge in [0, 0.05) is 19.5 Å². The molecule has 0 bridgehead atoms. The second kappa shape index (κ2) is 8.25. The monoisotopic (exact) mass is 371 g/mol. The summed E-state index contributed by atoms with van der Waals surface area (Å²) in [6, 6.07) is 2.80. The number of carboxylic acid groups (broad SMARTS) is 1. The SMILES string of the molecule is C=CCOc1ccc(C(F)(F)F)cc1C(=O)N1CCC(CC(=O)O)CC1. The molecule has 2 rings (SSSR count). The predicted molar refractivity (Wildman–Crippen MR) is 88.0 cm³/mol. The minimum Gasteiger partial charge on any atom is -0.489 e. The van der Waals surface area contributed by atoms with Crippen LogP contribution in [0, 0.1) is 5.92 Å². The zero-order valence-electron chi connectivity index (χ0n) is 14.1. The zero-order valence-corrected chi connectivity index (χ0v) is 14.1. The lowest BCUT2D eigenvalue weighted by atomic mass is 9.93. The third kappa shape index (κ3) is 5.00. The number of amides is 1. The van der Waals surface area contributed by atoms with E-state index >= 15 is 0 Å². The van der Waals surface area contributed by atoms with Crippen molar-refractivity contribution < 1.29 is 32.6 Å². The molecule has 26 heavy (non-hydrogen) atoms. The van der Waals surface area contributed by atoms with Crippen LogP contribution in [0.2, 0.25) is 0 Å². The summed E-state index contributed by atoms with van der Waals surface area (Å²) >= 11 is 0. The van der Waals surface area contributed by atoms with Crippen LogP contribution in [-0.4, -0.2) is 41.6 Å². The number of halogens is 3. The third-order valence-corrected chi connectivity index (χ3v) is 4.26. The topological polar surface area (TPSA) is 66.8 Å². The van der Waals surface area contributed by atoms with Gasteiger partial charge >= 0.3 is 12.1 Å². The Morgan fingerprint density at radius 1 is 1.31 bits per heavy atom. The summed E-state index contributed by atoms with van der Waals surface area (Å²) in [5, 5.41) is 8.83. The summed E-state index contributed by atoms with van der Waals surface area (Å²) in [7, 11) is 0. The van der Waals surface area contributed by atoms with E-state index in [0.717, 1.165) is 18.2 Å². The van der Waals surface area contributed by atoms with Gasteiger partial charge in [0.25, 0.3) is 5.91 Å². The van der Waals surface area contributed by atoms with Gasteiger partial charge < -0.3 is 14.7 Å². The van der Waals surface area contributed by atoms with Gasteiger partial charge in [0.15, 0.2) is 0 Å². The van der Waals surface area contributed by atoms with Crippen molar-refractivity contribution in [3.05, 3.63) is 42.0 Å². The highest BCUT2D eigenvalue weighted by Gasteiger charge is 2.33. The van der Waals surface area contributed by atoms with Crippen LogP contribution in [0.15, 0.2) is 30.9 Å². The summed E-state index contributed by atoms with van der Waals surface area (Å²) in [6.45, 7) is 4.14. The molecule has 1 amide bonds. The Kier molecular flexibility index (Phi) is 6.28. The van der Waals surface area contributed by atoms with Gasteiger partial charge in [-0.2, -0.15) is 13.2 Å². The second-order valence-electron chi connectivity index (χ2n) is 6.14. The van der Waals surface area contributed by atoms with Gasteiger partial charge in [0.05, 0.1) is 11.1 Å². The number of ether oxygens (including phenoxy) is 1. The molecule has 0 aliphatic carbocycles. The summed E-state index contributed by atoms with van der Waals surface area (Å²) in [5.74, 6) is -1.41. The molecule has 142 valence electrons. The van der Waals surface area contributed by atoms with Crippen molar-refractivity contribution in [2.75, 3.05) is 19.7 Å². The van der Waals surface area contributed by atoms with E-state index in [0.29, 0.717) is 25.9 Å². The fourth-order valence-corrected chi connectivity index (χ4v) is 2.91. The largest absolute Gasteiger partial charge is 0.489 e. The number of alkyl halides is 3. The summed E-state index contributed by atoms with van der Waals surface area (Å²) in [5.41, 5.74) is -1.08. The maximum Gasteiger partial charge on any atom is 0.416 e. The quantitative estimate of drug-likeness (QED) is 0.776. The molecule has 1 aliphatic rings. The molecule has 0 atom stereocenters. The van der Waals surface area contributed by atoms with Gasteiger partial charge in [-0.3, -0.25) is 9.59 Å². The van der Waals surface area contributed by atoms with Crippen molar-refractivity contribution in [3.8, 4) is 5.75 Å². The Morgan fingerprint density at radius 3 is 2.50 bits per heavy atom. The van der Waals surface area contributed by atoms with E-state index in [2.05, 4.69) is 6.58 Å². The van der Waals surface area contributed by atoms with Crippen molar-refractivity contribution in [2.24, 2.45) is 5.92 Å². The fraction of sp³-hybridized carbons (Fsp3) is 0.444. The van der Waals surface area contributed by atoms with Crippen LogP contribution < -0.4 is 4.74 Å². The maximum atomic E-state index is 13.0. The standard InChI is InChI=1S/C18H20F3NO4/c1-2-9-26-15-4-3-13(18(19,20)21)11-14(15)17(25)22-7-5-12(6-8-22)10-16(23)24/h2-4,11-12H,1,5-10H2,(H,23,24). The van der Waals surface area contributed by atoms with Crippen molar-refractivity contribution in [2.45, 2.75) is 25.4 Å². The molecule has 1 N–H and O–H groups in total. The highest BCUT2D eigenvalue weighted by Crippen LogP contribution is 2.33. The number of carboxylic acids is 1. The number of aliphatic carboxylic acids is 1. The van der Waals surface area contributed by atoms with Crippen molar-refractivity contribution in [1.29, 1.82) is 0 Å². The van der Waals surface area contributed by atoms with Crippen molar-refractivity contribution in [3.63, 3.8) is 0 Å². The fourth-order valence-electron chi connectivity index (χ4n) is 2.91. The molecular formula is C18H20F3NO4. The molecule has 0 spiro atoms. The molecule has 8 heteroatoms. The number of carbonyl (C=O) groups is 2. The molecular weight excluding hydrogens is 351 g/mol. The molecule has 0 aromatic heterocycles. The molecule has 1 saturated heterocycles. The van der Waals surface area contributed by atoms with Gasteiger partial charge in [-0.25, -0.2) is 0 Å². The van der Waals surface area contributed by atoms with E-state index in [1.54, 1.807) is 0 Å². The average molecular weight is 371 g/mol. The summed E-state index contributed by atoms with van der Waals surface area (Å²) in [4.78, 5) is 24.9. The highest BCUT2D eigenvalue weighted by atomic mass is 19.4. The lowest BCUT2D eigenvalue weighted by Crippen LogP contribution is -2.39. The van der Waals surface area contributed by atoms with Crippen LogP contribution in [0.1, 0.15) is 35.2 Å². The van der Waals surface area contributed by atoms with Crippen LogP contribution in [0.25, 0.3) is 0 Å². The minimum absolute atomic E-state index is 0.0271. The zero-order chi connectivity index (χ0) is 19.3. The highest BCUT2D eigenvalue weighted by molar-refractivity contribution is 5.97. The smallest absolute Gasteiger partial charge is 0.416 e. The number of rotatable bonds is 6. The first-order valence-corrected chi connectivity index (χ1v) is 8.18. The van der Waals surface area contributed by atoms with E-state index in [-0.39, 0.29) is 30.3 Å². The van der Waals surface area contributed by atoms with E-state index in [1.807, 2.05) is 0 Å². The first kappa shape index (κ1) is 19.8. The number of nitrogens with zero attached hydrogens (tertiary/aromatic N) is 1. The Bertz CT molecular complexity index is 680. The molecule has 0 unspecified atom stereocenters. The number of piperidine rings is 1. The normalized spacial score (nSPS) is 15.6. The molecule has 1 heterocycles.